The molecule has 2 heterocycles. The number of fused-ring (bicyclic) bond motifs is 1. The molecular formula is C19H25NOS. The highest BCUT2D eigenvalue weighted by atomic mass is 32.1. The first-order chi connectivity index (χ1) is 10.8. The van der Waals surface area contributed by atoms with E-state index in [-0.39, 0.29) is 6.61 Å². The lowest BCUT2D eigenvalue weighted by molar-refractivity contribution is 0.285. The molecule has 0 atom stereocenters. The van der Waals surface area contributed by atoms with Crippen molar-refractivity contribution >= 4 is 23.5 Å². The first-order valence-electron chi connectivity index (χ1n) is 7.72. The Bertz CT molecular complexity index is 646. The van der Waals surface area contributed by atoms with Gasteiger partial charge in [0.05, 0.1) is 12.0 Å². The molecule has 2 aromatic heterocycles. The van der Waals surface area contributed by atoms with Gasteiger partial charge in [0.1, 0.15) is 0 Å². The van der Waals surface area contributed by atoms with Gasteiger partial charge in [-0.1, -0.05) is 44.2 Å². The molecule has 1 N–H and O–H groups in total. The normalized spacial score (nSPS) is 16.5. The summed E-state index contributed by atoms with van der Waals surface area (Å²) in [5, 5.41) is 10.9. The van der Waals surface area contributed by atoms with Crippen molar-refractivity contribution in [1.29, 1.82) is 0 Å². The maximum Gasteiger partial charge on any atom is 0.0774 e. The van der Waals surface area contributed by atoms with E-state index < -0.39 is 0 Å². The molecule has 0 aliphatic heterocycles. The van der Waals surface area contributed by atoms with Gasteiger partial charge in [-0.05, 0) is 43.2 Å². The summed E-state index contributed by atoms with van der Waals surface area (Å²) in [6, 6.07) is 8.04. The van der Waals surface area contributed by atoms with E-state index in [0.29, 0.717) is 0 Å². The second-order valence-corrected chi connectivity index (χ2v) is 5.87. The van der Waals surface area contributed by atoms with E-state index in [0.717, 1.165) is 23.1 Å². The van der Waals surface area contributed by atoms with Crippen LogP contribution >= 0.6 is 11.3 Å². The van der Waals surface area contributed by atoms with Crippen LogP contribution in [-0.4, -0.2) is 10.1 Å². The van der Waals surface area contributed by atoms with Gasteiger partial charge in [-0.25, -0.2) is 0 Å². The number of pyridine rings is 1. The highest BCUT2D eigenvalue weighted by molar-refractivity contribution is 7.11. The number of aliphatic hydroxyl groups is 1. The molecule has 0 aromatic carbocycles. The Balaban J connectivity index is 0.000000211. The zero-order chi connectivity index (χ0) is 16.2. The van der Waals surface area contributed by atoms with Gasteiger partial charge < -0.3 is 5.11 Å². The lowest BCUT2D eigenvalue weighted by Gasteiger charge is -1.92. The molecule has 0 unspecified atom stereocenters. The van der Waals surface area contributed by atoms with Gasteiger partial charge in [0.25, 0.3) is 0 Å². The maximum atomic E-state index is 8.56. The maximum absolute atomic E-state index is 8.56. The van der Waals surface area contributed by atoms with Crippen LogP contribution in [0.1, 0.15) is 36.4 Å². The summed E-state index contributed by atoms with van der Waals surface area (Å²) >= 11 is 1.64. The molecule has 3 rings (SSSR count). The van der Waals surface area contributed by atoms with Crippen LogP contribution in [0.25, 0.3) is 12.2 Å². The summed E-state index contributed by atoms with van der Waals surface area (Å²) in [7, 11) is 0. The van der Waals surface area contributed by atoms with Crippen molar-refractivity contribution in [3.05, 3.63) is 62.9 Å². The minimum atomic E-state index is 0.179. The Kier molecular flexibility index (Phi) is 9.12. The van der Waals surface area contributed by atoms with Crippen LogP contribution in [0.5, 0.6) is 0 Å². The minimum Gasteiger partial charge on any atom is -0.391 e. The number of hydrogen-bond acceptors (Lipinski definition) is 3. The van der Waals surface area contributed by atoms with Crippen LogP contribution < -0.4 is 10.6 Å². The number of nitrogens with zero attached hydrogens (tertiary/aromatic N) is 1. The third-order valence-corrected chi connectivity index (χ3v) is 3.90. The average Bonchev–Trinajstić information content (AvgIpc) is 2.96. The molecule has 1 aliphatic carbocycles. The van der Waals surface area contributed by atoms with Crippen molar-refractivity contribution < 1.29 is 5.11 Å². The molecule has 0 radical (unpaired) electrons. The van der Waals surface area contributed by atoms with Crippen LogP contribution in [0.15, 0.2) is 42.6 Å². The molecule has 3 heteroatoms. The Morgan fingerprint density at radius 1 is 1.09 bits per heavy atom. The molecule has 0 fully saturated rings. The summed E-state index contributed by atoms with van der Waals surface area (Å²) in [4.78, 5) is 6.60. The fourth-order valence-corrected chi connectivity index (χ4v) is 2.66. The quantitative estimate of drug-likeness (QED) is 0.816. The standard InChI is InChI=1S/C11H11N.C6H8OS.C2H6/c1-2-4-8-11-10(6-3-1)7-5-9-12-11;1-5-2-3-6(4-7)8-5;1-2/h1-2,5-9H,3-4H2;2-3,7H,4H2,1H3;1-2H3/b2-1-,10-6-,11-8+;;. The number of hydrogen-bond donors (Lipinski definition) is 1. The molecule has 0 spiro atoms. The number of aromatic nitrogens is 1. The van der Waals surface area contributed by atoms with Gasteiger partial charge in [0.2, 0.25) is 0 Å². The van der Waals surface area contributed by atoms with Gasteiger partial charge in [-0.15, -0.1) is 11.3 Å². The molecule has 22 heavy (non-hydrogen) atoms. The lowest BCUT2D eigenvalue weighted by atomic mass is 10.2. The van der Waals surface area contributed by atoms with E-state index in [9.17, 15) is 0 Å². The summed E-state index contributed by atoms with van der Waals surface area (Å²) in [6.45, 7) is 6.21. The molecule has 0 amide bonds. The molecule has 2 aromatic rings. The molecular weight excluding hydrogens is 290 g/mol. The van der Waals surface area contributed by atoms with E-state index in [1.807, 2.05) is 45.2 Å². The fraction of sp³-hybridized carbons (Fsp3) is 0.316. The van der Waals surface area contributed by atoms with E-state index in [1.54, 1.807) is 11.3 Å². The average molecular weight is 315 g/mol. The predicted octanol–water partition coefficient (Wildman–Crippen LogP) is 3.57. The molecule has 1 aliphatic rings. The van der Waals surface area contributed by atoms with Crippen molar-refractivity contribution in [1.82, 2.24) is 4.98 Å². The van der Waals surface area contributed by atoms with E-state index in [4.69, 9.17) is 5.11 Å². The summed E-state index contributed by atoms with van der Waals surface area (Å²) in [5.74, 6) is 0. The predicted molar refractivity (Wildman–Crippen MR) is 97.1 cm³/mol. The first-order valence-corrected chi connectivity index (χ1v) is 8.54. The topological polar surface area (TPSA) is 33.1 Å². The minimum absolute atomic E-state index is 0.179. The van der Waals surface area contributed by atoms with Crippen molar-refractivity contribution in [3.63, 3.8) is 0 Å². The molecule has 118 valence electrons. The highest BCUT2D eigenvalue weighted by Crippen LogP contribution is 2.13. The Morgan fingerprint density at radius 3 is 2.41 bits per heavy atom. The van der Waals surface area contributed by atoms with Crippen LogP contribution in [-0.2, 0) is 6.61 Å². The summed E-state index contributed by atoms with van der Waals surface area (Å²) < 4.78 is 0. The number of thiophene rings is 1. The Morgan fingerprint density at radius 2 is 1.82 bits per heavy atom. The zero-order valence-electron chi connectivity index (χ0n) is 13.6. The second-order valence-electron chi connectivity index (χ2n) is 4.50. The third kappa shape index (κ3) is 6.37. The van der Waals surface area contributed by atoms with Crippen LogP contribution in [0, 0.1) is 6.92 Å². The van der Waals surface area contributed by atoms with Crippen LogP contribution in [0.2, 0.25) is 0 Å². The first kappa shape index (κ1) is 18.3. The van der Waals surface area contributed by atoms with Gasteiger partial charge >= 0.3 is 0 Å². The second kappa shape index (κ2) is 10.9. The van der Waals surface area contributed by atoms with Crippen LogP contribution in [0.4, 0.5) is 0 Å². The van der Waals surface area contributed by atoms with E-state index in [1.165, 1.54) is 10.1 Å². The fourth-order valence-electron chi connectivity index (χ4n) is 1.91. The SMILES string of the molecule is C1=C\C/C=c2/nccc/c2=C/C/1.CC.Cc1ccc(CO)s1. The van der Waals surface area contributed by atoms with Gasteiger partial charge in [-0.3, -0.25) is 4.98 Å². The molecule has 2 nitrogen and oxygen atoms in total. The summed E-state index contributed by atoms with van der Waals surface area (Å²) in [6.07, 6.45) is 12.6. The Hall–Kier alpha value is -1.71. The third-order valence-electron chi connectivity index (χ3n) is 2.91. The molecule has 0 saturated heterocycles. The monoisotopic (exact) mass is 315 g/mol. The van der Waals surface area contributed by atoms with E-state index in [2.05, 4.69) is 35.4 Å². The zero-order valence-corrected chi connectivity index (χ0v) is 14.4. The van der Waals surface area contributed by atoms with Gasteiger partial charge in [0, 0.05) is 16.0 Å². The van der Waals surface area contributed by atoms with Crippen molar-refractivity contribution in [2.75, 3.05) is 0 Å². The number of aliphatic hydroxyl groups excluding tert-OH is 1. The number of rotatable bonds is 1. The van der Waals surface area contributed by atoms with E-state index >= 15 is 0 Å². The summed E-state index contributed by atoms with van der Waals surface area (Å²) in [5.41, 5.74) is 0. The Labute approximate surface area is 137 Å². The van der Waals surface area contributed by atoms with Gasteiger partial charge in [0.15, 0.2) is 0 Å². The molecule has 0 bridgehead atoms. The highest BCUT2D eigenvalue weighted by Gasteiger charge is 1.90. The lowest BCUT2D eigenvalue weighted by Crippen LogP contribution is -2.27. The van der Waals surface area contributed by atoms with Crippen LogP contribution in [0.3, 0.4) is 0 Å². The number of aryl methyl sites for hydroxylation is 1. The van der Waals surface area contributed by atoms with Crippen molar-refractivity contribution in [3.8, 4) is 0 Å². The smallest absolute Gasteiger partial charge is 0.0774 e. The number of allylic oxidation sites excluding steroid dienone is 2. The van der Waals surface area contributed by atoms with Crippen molar-refractivity contribution in [2.24, 2.45) is 0 Å². The molecule has 0 saturated carbocycles. The largest absolute Gasteiger partial charge is 0.391 e. The van der Waals surface area contributed by atoms with Gasteiger partial charge in [-0.2, -0.15) is 0 Å². The van der Waals surface area contributed by atoms with Crippen molar-refractivity contribution in [2.45, 2.75) is 40.2 Å².